The number of rotatable bonds is 12. The van der Waals surface area contributed by atoms with E-state index in [1.807, 2.05) is 0 Å². The van der Waals surface area contributed by atoms with Gasteiger partial charge in [-0.2, -0.15) is 0 Å². The van der Waals surface area contributed by atoms with Crippen LogP contribution in [0.25, 0.3) is 0 Å². The van der Waals surface area contributed by atoms with Gasteiger partial charge < -0.3 is 4.98 Å². The molecule has 0 saturated heterocycles. The third kappa shape index (κ3) is 7.62. The van der Waals surface area contributed by atoms with E-state index in [9.17, 15) is 9.59 Å². The van der Waals surface area contributed by atoms with Crippen LogP contribution in [0, 0.1) is 0 Å². The predicted molar refractivity (Wildman–Crippen MR) is 92.5 cm³/mol. The molecule has 4 nitrogen and oxygen atoms in total. The molecular weight excluding hydrogens is 276 g/mol. The maximum absolute atomic E-state index is 11.5. The Morgan fingerprint density at radius 1 is 0.864 bits per heavy atom. The van der Waals surface area contributed by atoms with Crippen LogP contribution in [-0.4, -0.2) is 9.55 Å². The number of hydrogen-bond acceptors (Lipinski definition) is 2. The van der Waals surface area contributed by atoms with Crippen molar-refractivity contribution in [1.82, 2.24) is 9.55 Å². The Morgan fingerprint density at radius 2 is 1.36 bits per heavy atom. The highest BCUT2D eigenvalue weighted by atomic mass is 16.2. The smallest absolute Gasteiger partial charge is 0.311 e. The average molecular weight is 308 g/mol. The maximum Gasteiger partial charge on any atom is 0.328 e. The largest absolute Gasteiger partial charge is 0.328 e. The second-order valence-corrected chi connectivity index (χ2v) is 6.28. The van der Waals surface area contributed by atoms with Crippen molar-refractivity contribution >= 4 is 0 Å². The zero-order valence-electron chi connectivity index (χ0n) is 14.3. The molecule has 22 heavy (non-hydrogen) atoms. The van der Waals surface area contributed by atoms with Crippen LogP contribution in [0.1, 0.15) is 83.2 Å². The minimum atomic E-state index is -0.314. The second kappa shape index (κ2) is 11.3. The first-order valence-corrected chi connectivity index (χ1v) is 8.94. The lowest BCUT2D eigenvalue weighted by molar-refractivity contribution is 0.548. The molecule has 0 saturated carbocycles. The van der Waals surface area contributed by atoms with Gasteiger partial charge in [0.15, 0.2) is 0 Å². The molecule has 1 heterocycles. The highest BCUT2D eigenvalue weighted by Crippen LogP contribution is 2.11. The molecule has 126 valence electrons. The number of aryl methyl sites for hydroxylation is 1. The predicted octanol–water partition coefficient (Wildman–Crippen LogP) is 3.93. The van der Waals surface area contributed by atoms with Gasteiger partial charge in [0, 0.05) is 18.8 Å². The van der Waals surface area contributed by atoms with Crippen molar-refractivity contribution in [3.8, 4) is 0 Å². The van der Waals surface area contributed by atoms with Crippen LogP contribution in [-0.2, 0) is 13.5 Å². The first-order valence-electron chi connectivity index (χ1n) is 8.94. The van der Waals surface area contributed by atoms with Gasteiger partial charge in [-0.3, -0.25) is 9.36 Å². The van der Waals surface area contributed by atoms with Crippen molar-refractivity contribution in [3.63, 3.8) is 0 Å². The number of nitrogens with zero attached hydrogens (tertiary/aromatic N) is 1. The molecule has 0 aliphatic carbocycles. The van der Waals surface area contributed by atoms with E-state index in [1.165, 1.54) is 77.3 Å². The summed E-state index contributed by atoms with van der Waals surface area (Å²) >= 11 is 0. The highest BCUT2D eigenvalue weighted by molar-refractivity contribution is 4.99. The minimum absolute atomic E-state index is 0.221. The zero-order valence-corrected chi connectivity index (χ0v) is 14.3. The van der Waals surface area contributed by atoms with E-state index in [0.29, 0.717) is 0 Å². The topological polar surface area (TPSA) is 54.9 Å². The molecule has 0 aromatic carbocycles. The normalized spacial score (nSPS) is 11.0. The van der Waals surface area contributed by atoms with Crippen LogP contribution in [0.5, 0.6) is 0 Å². The van der Waals surface area contributed by atoms with Gasteiger partial charge in [-0.15, -0.1) is 0 Å². The molecule has 0 spiro atoms. The summed E-state index contributed by atoms with van der Waals surface area (Å²) in [6.45, 7) is 2.25. The van der Waals surface area contributed by atoms with Crippen molar-refractivity contribution in [3.05, 3.63) is 32.6 Å². The zero-order chi connectivity index (χ0) is 16.2. The molecule has 1 aromatic rings. The van der Waals surface area contributed by atoms with Gasteiger partial charge in [0.1, 0.15) is 0 Å². The molecule has 0 bridgehead atoms. The molecule has 1 aromatic heterocycles. The Morgan fingerprint density at radius 3 is 1.86 bits per heavy atom. The molecule has 1 N–H and O–H groups in total. The second-order valence-electron chi connectivity index (χ2n) is 6.28. The Hall–Kier alpha value is -1.32. The summed E-state index contributed by atoms with van der Waals surface area (Å²) < 4.78 is 1.10. The number of H-pyrrole nitrogens is 1. The molecule has 0 atom stereocenters. The van der Waals surface area contributed by atoms with Crippen LogP contribution < -0.4 is 11.2 Å². The van der Waals surface area contributed by atoms with Gasteiger partial charge in [-0.05, 0) is 12.8 Å². The fourth-order valence-corrected chi connectivity index (χ4v) is 2.72. The van der Waals surface area contributed by atoms with Crippen LogP contribution in [0.3, 0.4) is 0 Å². The summed E-state index contributed by atoms with van der Waals surface area (Å²) in [5.74, 6) is 0. The number of hydrogen-bond donors (Lipinski definition) is 1. The average Bonchev–Trinajstić information content (AvgIpc) is 2.50. The number of unbranched alkanes of at least 4 members (excludes halogenated alkanes) is 10. The fourth-order valence-electron chi connectivity index (χ4n) is 2.72. The lowest BCUT2D eigenvalue weighted by atomic mass is 10.0. The standard InChI is InChI=1S/C18H32N2O2/c1-3-4-5-6-7-8-9-10-11-12-13-14-16-15-17(21)20(2)18(22)19-16/h15H,3-14H2,1-2H3,(H,19,22). The third-order valence-corrected chi connectivity index (χ3v) is 4.25. The van der Waals surface area contributed by atoms with Crippen molar-refractivity contribution in [2.75, 3.05) is 0 Å². The molecule has 0 aliphatic rings. The monoisotopic (exact) mass is 308 g/mol. The number of aromatic nitrogens is 2. The summed E-state index contributed by atoms with van der Waals surface area (Å²) in [6.07, 6.45) is 15.1. The van der Waals surface area contributed by atoms with Crippen molar-refractivity contribution < 1.29 is 0 Å². The molecule has 0 radical (unpaired) electrons. The summed E-state index contributed by atoms with van der Waals surface area (Å²) in [4.78, 5) is 25.7. The van der Waals surface area contributed by atoms with E-state index < -0.39 is 0 Å². The SMILES string of the molecule is CCCCCCCCCCCCCc1cc(=O)n(C)c(=O)[nH]1. The molecule has 4 heteroatoms. The van der Waals surface area contributed by atoms with E-state index in [4.69, 9.17) is 0 Å². The van der Waals surface area contributed by atoms with Gasteiger partial charge in [0.05, 0.1) is 0 Å². The van der Waals surface area contributed by atoms with Gasteiger partial charge in [-0.1, -0.05) is 71.1 Å². The van der Waals surface area contributed by atoms with Crippen LogP contribution in [0.4, 0.5) is 0 Å². The lowest BCUT2D eigenvalue weighted by Crippen LogP contribution is -2.32. The summed E-state index contributed by atoms with van der Waals surface area (Å²) in [6, 6.07) is 1.54. The van der Waals surface area contributed by atoms with E-state index in [1.54, 1.807) is 0 Å². The molecule has 1 rings (SSSR count). The van der Waals surface area contributed by atoms with Gasteiger partial charge in [-0.25, -0.2) is 4.79 Å². The van der Waals surface area contributed by atoms with Gasteiger partial charge >= 0.3 is 5.69 Å². The van der Waals surface area contributed by atoms with Gasteiger partial charge in [0.25, 0.3) is 5.56 Å². The third-order valence-electron chi connectivity index (χ3n) is 4.25. The van der Waals surface area contributed by atoms with Gasteiger partial charge in [0.2, 0.25) is 0 Å². The number of nitrogens with one attached hydrogen (secondary N) is 1. The highest BCUT2D eigenvalue weighted by Gasteiger charge is 2.00. The molecule has 0 aliphatic heterocycles. The fraction of sp³-hybridized carbons (Fsp3) is 0.778. The Kier molecular flexibility index (Phi) is 9.60. The van der Waals surface area contributed by atoms with Crippen molar-refractivity contribution in [2.45, 2.75) is 84.0 Å². The van der Waals surface area contributed by atoms with Crippen LogP contribution in [0.2, 0.25) is 0 Å². The van der Waals surface area contributed by atoms with E-state index in [-0.39, 0.29) is 11.2 Å². The quantitative estimate of drug-likeness (QED) is 0.595. The van der Waals surface area contributed by atoms with E-state index in [2.05, 4.69) is 11.9 Å². The minimum Gasteiger partial charge on any atom is -0.311 e. The Bertz CT molecular complexity index is 485. The van der Waals surface area contributed by atoms with E-state index in [0.717, 1.165) is 23.1 Å². The molecule has 0 fully saturated rings. The summed E-state index contributed by atoms with van der Waals surface area (Å²) in [5.41, 5.74) is 0.233. The van der Waals surface area contributed by atoms with Crippen LogP contribution in [0.15, 0.2) is 15.7 Å². The number of aromatic amines is 1. The molecule has 0 amide bonds. The molecule has 0 unspecified atom stereocenters. The van der Waals surface area contributed by atoms with Crippen LogP contribution >= 0.6 is 0 Å². The molecular formula is C18H32N2O2. The first kappa shape index (κ1) is 18.7. The lowest BCUT2D eigenvalue weighted by Gasteiger charge is -2.04. The summed E-state index contributed by atoms with van der Waals surface area (Å²) in [5, 5.41) is 0. The summed E-state index contributed by atoms with van der Waals surface area (Å²) in [7, 11) is 1.49. The van der Waals surface area contributed by atoms with Crippen molar-refractivity contribution in [1.29, 1.82) is 0 Å². The van der Waals surface area contributed by atoms with Crippen molar-refractivity contribution in [2.24, 2.45) is 7.05 Å². The Balaban J connectivity index is 2.02. The maximum atomic E-state index is 11.5. The van der Waals surface area contributed by atoms with E-state index >= 15 is 0 Å². The Labute approximate surface area is 134 Å². The first-order chi connectivity index (χ1) is 10.6.